The molecule has 6 rings (SSSR count). The van der Waals surface area contributed by atoms with Gasteiger partial charge in [0.15, 0.2) is 0 Å². The summed E-state index contributed by atoms with van der Waals surface area (Å²) in [6.45, 7) is 0. The van der Waals surface area contributed by atoms with E-state index in [9.17, 15) is 10.2 Å². The van der Waals surface area contributed by atoms with Crippen molar-refractivity contribution in [1.29, 1.82) is 0 Å². The van der Waals surface area contributed by atoms with Crippen molar-refractivity contribution >= 4 is 0 Å². The number of hydrogen-bond donors (Lipinski definition) is 2. The molecule has 27 heavy (non-hydrogen) atoms. The Bertz CT molecular complexity index is 1160. The van der Waals surface area contributed by atoms with Crippen molar-refractivity contribution in [3.8, 4) is 45.3 Å². The van der Waals surface area contributed by atoms with Crippen LogP contribution >= 0.6 is 0 Å². The van der Waals surface area contributed by atoms with E-state index in [-0.39, 0.29) is 0 Å². The second kappa shape index (κ2) is 5.01. The SMILES string of the molecule is Oc1cccc2c1Cc1c-2nc2c(c1-c1ccco1)Cc1c(O)cccc1-2. The van der Waals surface area contributed by atoms with E-state index in [0.29, 0.717) is 24.3 Å². The highest BCUT2D eigenvalue weighted by atomic mass is 16.3. The number of rotatable bonds is 1. The van der Waals surface area contributed by atoms with Gasteiger partial charge in [-0.2, -0.15) is 0 Å². The predicted molar refractivity (Wildman–Crippen MR) is 102 cm³/mol. The minimum atomic E-state index is 0.300. The number of hydrogen-bond acceptors (Lipinski definition) is 4. The smallest absolute Gasteiger partial charge is 0.134 e. The lowest BCUT2D eigenvalue weighted by atomic mass is 9.96. The maximum absolute atomic E-state index is 10.3. The van der Waals surface area contributed by atoms with Gasteiger partial charge in [-0.05, 0) is 35.4 Å². The standard InChI is InChI=1S/C23H15NO3/c25-18-6-1-4-12-14(18)10-16-21(20-8-3-9-27-20)17-11-15-13(5-2-7-19(15)26)23(17)24-22(12)16/h1-9,25-26H,10-11H2. The van der Waals surface area contributed by atoms with E-state index in [1.807, 2.05) is 36.4 Å². The van der Waals surface area contributed by atoms with Crippen LogP contribution in [0.4, 0.5) is 0 Å². The Labute approximate surface area is 155 Å². The Kier molecular flexibility index (Phi) is 2.71. The van der Waals surface area contributed by atoms with E-state index in [1.165, 1.54) is 0 Å². The number of fused-ring (bicyclic) bond motifs is 6. The number of nitrogens with zero attached hydrogens (tertiary/aromatic N) is 1. The molecule has 0 saturated carbocycles. The third kappa shape index (κ3) is 1.84. The highest BCUT2D eigenvalue weighted by Gasteiger charge is 2.34. The molecular formula is C23H15NO3. The van der Waals surface area contributed by atoms with Gasteiger partial charge in [0.1, 0.15) is 17.3 Å². The van der Waals surface area contributed by atoms with Crippen LogP contribution in [-0.4, -0.2) is 15.2 Å². The molecule has 2 aromatic heterocycles. The van der Waals surface area contributed by atoms with Gasteiger partial charge in [0.05, 0.1) is 17.7 Å². The molecular weight excluding hydrogens is 338 g/mol. The van der Waals surface area contributed by atoms with Gasteiger partial charge in [-0.3, -0.25) is 0 Å². The van der Waals surface area contributed by atoms with Gasteiger partial charge < -0.3 is 14.6 Å². The lowest BCUT2D eigenvalue weighted by Gasteiger charge is -2.12. The first-order valence-electron chi connectivity index (χ1n) is 8.94. The van der Waals surface area contributed by atoms with E-state index in [1.54, 1.807) is 18.4 Å². The number of pyridine rings is 1. The van der Waals surface area contributed by atoms with Crippen LogP contribution < -0.4 is 0 Å². The second-order valence-electron chi connectivity index (χ2n) is 7.08. The van der Waals surface area contributed by atoms with Crippen LogP contribution in [0.5, 0.6) is 11.5 Å². The van der Waals surface area contributed by atoms with E-state index < -0.39 is 0 Å². The molecule has 0 unspecified atom stereocenters. The fourth-order valence-corrected chi connectivity index (χ4v) is 4.49. The second-order valence-corrected chi connectivity index (χ2v) is 7.08. The van der Waals surface area contributed by atoms with Crippen molar-refractivity contribution < 1.29 is 14.6 Å². The Morgan fingerprint density at radius 3 is 1.81 bits per heavy atom. The summed E-state index contributed by atoms with van der Waals surface area (Å²) >= 11 is 0. The molecule has 0 spiro atoms. The van der Waals surface area contributed by atoms with E-state index >= 15 is 0 Å². The van der Waals surface area contributed by atoms with Gasteiger partial charge in [0.25, 0.3) is 0 Å². The predicted octanol–water partition coefficient (Wildman–Crippen LogP) is 4.90. The van der Waals surface area contributed by atoms with E-state index in [2.05, 4.69) is 0 Å². The number of aromatic hydroxyl groups is 2. The summed E-state index contributed by atoms with van der Waals surface area (Å²) in [6, 6.07) is 15.0. The van der Waals surface area contributed by atoms with Crippen molar-refractivity contribution in [3.63, 3.8) is 0 Å². The molecule has 2 N–H and O–H groups in total. The van der Waals surface area contributed by atoms with Crippen LogP contribution in [-0.2, 0) is 12.8 Å². The summed E-state index contributed by atoms with van der Waals surface area (Å²) < 4.78 is 5.78. The molecule has 2 aliphatic carbocycles. The Hall–Kier alpha value is -3.53. The quantitative estimate of drug-likeness (QED) is 0.441. The number of aromatic nitrogens is 1. The summed E-state index contributed by atoms with van der Waals surface area (Å²) in [4.78, 5) is 5.01. The number of benzene rings is 2. The van der Waals surface area contributed by atoms with E-state index in [4.69, 9.17) is 9.40 Å². The number of phenolic OH excluding ortho intramolecular Hbond substituents is 2. The van der Waals surface area contributed by atoms with Crippen LogP contribution in [0.15, 0.2) is 59.2 Å². The third-order valence-electron chi connectivity index (χ3n) is 5.69. The first kappa shape index (κ1) is 14.6. The van der Waals surface area contributed by atoms with Crippen LogP contribution in [0.3, 0.4) is 0 Å². The molecule has 0 aliphatic heterocycles. The number of furan rings is 1. The van der Waals surface area contributed by atoms with Crippen molar-refractivity contribution in [2.24, 2.45) is 0 Å². The molecule has 0 atom stereocenters. The summed E-state index contributed by atoms with van der Waals surface area (Å²) in [5.41, 5.74) is 8.72. The van der Waals surface area contributed by atoms with Crippen molar-refractivity contribution in [1.82, 2.24) is 4.98 Å². The Morgan fingerprint density at radius 1 is 0.704 bits per heavy atom. The topological polar surface area (TPSA) is 66.5 Å². The summed E-state index contributed by atoms with van der Waals surface area (Å²) in [5, 5.41) is 20.7. The normalized spacial score (nSPS) is 13.2. The zero-order valence-electron chi connectivity index (χ0n) is 14.4. The summed E-state index contributed by atoms with van der Waals surface area (Å²) in [5.74, 6) is 1.40. The fraction of sp³-hybridized carbons (Fsp3) is 0.0870. The zero-order valence-corrected chi connectivity index (χ0v) is 14.4. The zero-order chi connectivity index (χ0) is 18.1. The molecule has 4 aromatic rings. The minimum absolute atomic E-state index is 0.300. The maximum Gasteiger partial charge on any atom is 0.134 e. The molecule has 4 heteroatoms. The Morgan fingerprint density at radius 2 is 1.30 bits per heavy atom. The van der Waals surface area contributed by atoms with Crippen molar-refractivity contribution in [2.75, 3.05) is 0 Å². The van der Waals surface area contributed by atoms with Gasteiger partial charge in [-0.15, -0.1) is 0 Å². The monoisotopic (exact) mass is 353 g/mol. The third-order valence-corrected chi connectivity index (χ3v) is 5.69. The first-order chi connectivity index (χ1) is 13.2. The molecule has 2 aliphatic rings. The molecule has 4 nitrogen and oxygen atoms in total. The molecule has 0 fully saturated rings. The highest BCUT2D eigenvalue weighted by Crippen LogP contribution is 2.51. The molecule has 2 aromatic carbocycles. The van der Waals surface area contributed by atoms with Crippen LogP contribution in [0.25, 0.3) is 33.8 Å². The van der Waals surface area contributed by atoms with Gasteiger partial charge in [0, 0.05) is 40.7 Å². The average molecular weight is 353 g/mol. The maximum atomic E-state index is 10.3. The molecule has 0 amide bonds. The van der Waals surface area contributed by atoms with Crippen LogP contribution in [0, 0.1) is 0 Å². The van der Waals surface area contributed by atoms with Crippen molar-refractivity contribution in [2.45, 2.75) is 12.8 Å². The molecule has 0 radical (unpaired) electrons. The van der Waals surface area contributed by atoms with Crippen molar-refractivity contribution in [3.05, 3.63) is 77.0 Å². The van der Waals surface area contributed by atoms with Gasteiger partial charge in [-0.25, -0.2) is 4.98 Å². The van der Waals surface area contributed by atoms with Gasteiger partial charge in [-0.1, -0.05) is 24.3 Å². The van der Waals surface area contributed by atoms with E-state index in [0.717, 1.165) is 56.1 Å². The summed E-state index contributed by atoms with van der Waals surface area (Å²) in [6.07, 6.45) is 2.92. The van der Waals surface area contributed by atoms with Gasteiger partial charge in [0.2, 0.25) is 0 Å². The van der Waals surface area contributed by atoms with Crippen LogP contribution in [0.2, 0.25) is 0 Å². The molecule has 130 valence electrons. The minimum Gasteiger partial charge on any atom is -0.508 e. The highest BCUT2D eigenvalue weighted by molar-refractivity contribution is 5.91. The Balaban J connectivity index is 1.72. The largest absolute Gasteiger partial charge is 0.508 e. The fourth-order valence-electron chi connectivity index (χ4n) is 4.49. The number of phenols is 2. The summed E-state index contributed by atoms with van der Waals surface area (Å²) in [7, 11) is 0. The van der Waals surface area contributed by atoms with Crippen LogP contribution in [0.1, 0.15) is 22.3 Å². The average Bonchev–Trinajstić information content (AvgIpc) is 3.38. The molecule has 2 heterocycles. The first-order valence-corrected chi connectivity index (χ1v) is 8.94. The van der Waals surface area contributed by atoms with Gasteiger partial charge >= 0.3 is 0 Å². The lowest BCUT2D eigenvalue weighted by Crippen LogP contribution is -1.97. The molecule has 0 bridgehead atoms. The molecule has 0 saturated heterocycles. The lowest BCUT2D eigenvalue weighted by molar-refractivity contribution is 0.470.